The fraction of sp³-hybridized carbons (Fsp3) is 0.261. The lowest BCUT2D eigenvalue weighted by molar-refractivity contribution is -0.120. The van der Waals surface area contributed by atoms with Gasteiger partial charge in [0, 0.05) is 40.5 Å². The molecule has 2 aromatic carbocycles. The molecule has 0 aliphatic carbocycles. The number of piperidine rings is 1. The van der Waals surface area contributed by atoms with Gasteiger partial charge in [0.15, 0.2) is 5.82 Å². The molecule has 154 valence electrons. The Morgan fingerprint density at radius 1 is 1.17 bits per heavy atom. The number of aromatic nitrogens is 2. The first-order valence-corrected chi connectivity index (χ1v) is 11.6. The summed E-state index contributed by atoms with van der Waals surface area (Å²) in [7, 11) is 0. The van der Waals surface area contributed by atoms with Gasteiger partial charge in [-0.1, -0.05) is 45.4 Å². The van der Waals surface area contributed by atoms with Crippen molar-refractivity contribution in [3.63, 3.8) is 0 Å². The van der Waals surface area contributed by atoms with Gasteiger partial charge in [-0.2, -0.15) is 0 Å². The van der Waals surface area contributed by atoms with E-state index in [0.29, 0.717) is 6.54 Å². The maximum atomic E-state index is 12.9. The highest BCUT2D eigenvalue weighted by Gasteiger charge is 2.28. The summed E-state index contributed by atoms with van der Waals surface area (Å²) in [6.45, 7) is 3.60. The van der Waals surface area contributed by atoms with E-state index < -0.39 is 0 Å². The lowest BCUT2D eigenvalue weighted by atomic mass is 9.97. The molecule has 1 aliphatic rings. The third-order valence-electron chi connectivity index (χ3n) is 5.05. The molecule has 4 rings (SSSR count). The summed E-state index contributed by atoms with van der Waals surface area (Å²) in [6, 6.07) is 16.0. The van der Waals surface area contributed by atoms with Crippen LogP contribution in [0.5, 0.6) is 0 Å². The Balaban J connectivity index is 1.48. The lowest BCUT2D eigenvalue weighted by Gasteiger charge is -2.33. The zero-order valence-corrected chi connectivity index (χ0v) is 19.1. The van der Waals surface area contributed by atoms with Crippen LogP contribution in [0.25, 0.3) is 0 Å². The number of amides is 1. The molecule has 1 aromatic heterocycles. The van der Waals surface area contributed by atoms with E-state index in [2.05, 4.69) is 67.3 Å². The van der Waals surface area contributed by atoms with Gasteiger partial charge in [0.05, 0.1) is 5.92 Å². The van der Waals surface area contributed by atoms with Gasteiger partial charge >= 0.3 is 0 Å². The molecule has 0 saturated carbocycles. The number of nitrogens with zero attached hydrogens (tertiary/aromatic N) is 3. The minimum absolute atomic E-state index is 0.0544. The molecular formula is C23H23BrN4OS. The molecule has 1 fully saturated rings. The maximum absolute atomic E-state index is 12.9. The summed E-state index contributed by atoms with van der Waals surface area (Å²) in [6.07, 6.45) is 5.27. The smallest absolute Gasteiger partial charge is 0.229 e. The van der Waals surface area contributed by atoms with Gasteiger partial charge in [-0.15, -0.1) is 0 Å². The summed E-state index contributed by atoms with van der Waals surface area (Å²) in [5, 5.41) is 3.92. The molecule has 0 spiro atoms. The lowest BCUT2D eigenvalue weighted by Crippen LogP contribution is -2.41. The molecule has 0 bridgehead atoms. The highest BCUT2D eigenvalue weighted by atomic mass is 79.9. The molecule has 1 amide bonds. The Kier molecular flexibility index (Phi) is 6.69. The van der Waals surface area contributed by atoms with Gasteiger partial charge in [0.1, 0.15) is 5.03 Å². The van der Waals surface area contributed by atoms with E-state index in [4.69, 9.17) is 0 Å². The van der Waals surface area contributed by atoms with Crippen molar-refractivity contribution >= 4 is 45.1 Å². The molecule has 1 unspecified atom stereocenters. The first-order valence-electron chi connectivity index (χ1n) is 9.95. The van der Waals surface area contributed by atoms with Gasteiger partial charge in [-0.25, -0.2) is 9.97 Å². The van der Waals surface area contributed by atoms with Crippen LogP contribution in [-0.2, 0) is 4.79 Å². The second-order valence-electron chi connectivity index (χ2n) is 7.38. The number of anilines is 2. The third-order valence-corrected chi connectivity index (χ3v) is 6.55. The number of hydrogen-bond acceptors (Lipinski definition) is 5. The SMILES string of the molecule is Cc1cccc(Sc2nccnc2N2CCCC(C(=O)Nc3ccc(Br)cc3)C2)c1. The van der Waals surface area contributed by atoms with E-state index in [0.717, 1.165) is 45.3 Å². The fourth-order valence-corrected chi connectivity index (χ4v) is 4.82. The van der Waals surface area contributed by atoms with E-state index in [1.807, 2.05) is 24.3 Å². The van der Waals surface area contributed by atoms with Gasteiger partial charge < -0.3 is 10.2 Å². The zero-order chi connectivity index (χ0) is 20.9. The van der Waals surface area contributed by atoms with Gasteiger partial charge in [0.25, 0.3) is 0 Å². The fourth-order valence-electron chi connectivity index (χ4n) is 3.56. The molecular weight excluding hydrogens is 460 g/mol. The largest absolute Gasteiger partial charge is 0.354 e. The monoisotopic (exact) mass is 482 g/mol. The van der Waals surface area contributed by atoms with E-state index in [9.17, 15) is 4.79 Å². The van der Waals surface area contributed by atoms with Crippen molar-refractivity contribution in [3.05, 3.63) is 71.0 Å². The van der Waals surface area contributed by atoms with E-state index >= 15 is 0 Å². The minimum Gasteiger partial charge on any atom is -0.354 e. The van der Waals surface area contributed by atoms with Crippen LogP contribution in [0, 0.1) is 12.8 Å². The Morgan fingerprint density at radius 3 is 2.77 bits per heavy atom. The molecule has 3 aromatic rings. The van der Waals surface area contributed by atoms with Crippen LogP contribution in [0.3, 0.4) is 0 Å². The molecule has 30 heavy (non-hydrogen) atoms. The number of hydrogen-bond donors (Lipinski definition) is 1. The Labute approximate surface area is 189 Å². The van der Waals surface area contributed by atoms with E-state index in [1.54, 1.807) is 24.2 Å². The number of aryl methyl sites for hydroxylation is 1. The van der Waals surface area contributed by atoms with Crippen molar-refractivity contribution in [1.29, 1.82) is 0 Å². The number of rotatable bonds is 5. The van der Waals surface area contributed by atoms with Crippen LogP contribution < -0.4 is 10.2 Å². The third kappa shape index (κ3) is 5.21. The van der Waals surface area contributed by atoms with Crippen LogP contribution in [0.2, 0.25) is 0 Å². The molecule has 1 saturated heterocycles. The first kappa shape index (κ1) is 20.9. The van der Waals surface area contributed by atoms with Crippen molar-refractivity contribution in [3.8, 4) is 0 Å². The summed E-state index contributed by atoms with van der Waals surface area (Å²) in [4.78, 5) is 25.4. The number of carbonyl (C=O) groups is 1. The quantitative estimate of drug-likeness (QED) is 0.516. The Hall–Kier alpha value is -2.38. The molecule has 7 heteroatoms. The van der Waals surface area contributed by atoms with Crippen LogP contribution in [0.1, 0.15) is 18.4 Å². The molecule has 1 N–H and O–H groups in total. The van der Waals surface area contributed by atoms with Crippen molar-refractivity contribution < 1.29 is 4.79 Å². The van der Waals surface area contributed by atoms with E-state index in [-0.39, 0.29) is 11.8 Å². The van der Waals surface area contributed by atoms with Crippen LogP contribution in [-0.4, -0.2) is 29.0 Å². The molecule has 1 atom stereocenters. The number of halogens is 1. The molecule has 2 heterocycles. The Morgan fingerprint density at radius 2 is 1.97 bits per heavy atom. The van der Waals surface area contributed by atoms with Crippen LogP contribution >= 0.6 is 27.7 Å². The molecule has 1 aliphatic heterocycles. The molecule has 5 nitrogen and oxygen atoms in total. The normalized spacial score (nSPS) is 16.3. The van der Waals surface area contributed by atoms with Crippen LogP contribution in [0.15, 0.2) is 75.3 Å². The number of benzene rings is 2. The van der Waals surface area contributed by atoms with E-state index in [1.165, 1.54) is 5.56 Å². The highest BCUT2D eigenvalue weighted by Crippen LogP contribution is 2.34. The van der Waals surface area contributed by atoms with Gasteiger partial charge in [0.2, 0.25) is 5.91 Å². The summed E-state index contributed by atoms with van der Waals surface area (Å²) in [5.74, 6) is 0.824. The topological polar surface area (TPSA) is 58.1 Å². The maximum Gasteiger partial charge on any atom is 0.229 e. The predicted molar refractivity (Wildman–Crippen MR) is 125 cm³/mol. The van der Waals surface area contributed by atoms with Gasteiger partial charge in [-0.05, 0) is 56.2 Å². The number of carbonyl (C=O) groups excluding carboxylic acids is 1. The zero-order valence-electron chi connectivity index (χ0n) is 16.7. The average Bonchev–Trinajstić information content (AvgIpc) is 2.76. The summed E-state index contributed by atoms with van der Waals surface area (Å²) in [5.41, 5.74) is 2.03. The summed E-state index contributed by atoms with van der Waals surface area (Å²) >= 11 is 5.04. The van der Waals surface area contributed by atoms with Crippen molar-refractivity contribution in [2.75, 3.05) is 23.3 Å². The minimum atomic E-state index is -0.0822. The van der Waals surface area contributed by atoms with Crippen LogP contribution in [0.4, 0.5) is 11.5 Å². The highest BCUT2D eigenvalue weighted by molar-refractivity contribution is 9.10. The number of nitrogens with one attached hydrogen (secondary N) is 1. The van der Waals surface area contributed by atoms with Crippen molar-refractivity contribution in [2.24, 2.45) is 5.92 Å². The average molecular weight is 483 g/mol. The second kappa shape index (κ2) is 9.62. The Bertz CT molecular complexity index is 1030. The first-order chi connectivity index (χ1) is 14.6. The second-order valence-corrected chi connectivity index (χ2v) is 9.36. The molecule has 0 radical (unpaired) electrons. The summed E-state index contributed by atoms with van der Waals surface area (Å²) < 4.78 is 0.991. The van der Waals surface area contributed by atoms with Crippen molar-refractivity contribution in [2.45, 2.75) is 29.7 Å². The van der Waals surface area contributed by atoms with Crippen molar-refractivity contribution in [1.82, 2.24) is 9.97 Å². The van der Waals surface area contributed by atoms with Gasteiger partial charge in [-0.3, -0.25) is 4.79 Å². The predicted octanol–water partition coefficient (Wildman–Crippen LogP) is 5.55. The standard InChI is InChI=1S/C23H23BrN4OS/c1-16-4-2-6-20(14-16)30-23-21(25-11-12-26-23)28-13-3-5-17(15-28)22(29)27-19-9-7-18(24)8-10-19/h2,4,6-12,14,17H,3,5,13,15H2,1H3,(H,27,29).